The van der Waals surface area contributed by atoms with Crippen LogP contribution in [0.5, 0.6) is 0 Å². The number of rotatable bonds is 2. The number of carbonyl (C=O) groups excluding carboxylic acids is 2. The van der Waals surface area contributed by atoms with Gasteiger partial charge in [0, 0.05) is 11.3 Å². The molecule has 2 aromatic rings. The summed E-state index contributed by atoms with van der Waals surface area (Å²) in [5.74, 6) is -0.908. The van der Waals surface area contributed by atoms with Gasteiger partial charge in [-0.25, -0.2) is 0 Å². The van der Waals surface area contributed by atoms with Gasteiger partial charge in [-0.15, -0.1) is 0 Å². The summed E-state index contributed by atoms with van der Waals surface area (Å²) in [5, 5.41) is 2.82. The molecule has 3 heteroatoms. The third-order valence-corrected chi connectivity index (χ3v) is 3.66. The summed E-state index contributed by atoms with van der Waals surface area (Å²) in [7, 11) is 0. The quantitative estimate of drug-likeness (QED) is 0.848. The van der Waals surface area contributed by atoms with Crippen LogP contribution < -0.4 is 5.32 Å². The summed E-state index contributed by atoms with van der Waals surface area (Å²) in [5.41, 5.74) is 3.50. The van der Waals surface area contributed by atoms with Crippen LogP contribution in [0.3, 0.4) is 0 Å². The number of amides is 1. The van der Waals surface area contributed by atoms with Gasteiger partial charge in [0.15, 0.2) is 5.78 Å². The lowest BCUT2D eigenvalue weighted by Crippen LogP contribution is -2.27. The number of anilines is 1. The average molecular weight is 265 g/mol. The van der Waals surface area contributed by atoms with E-state index in [0.717, 1.165) is 16.8 Å². The van der Waals surface area contributed by atoms with E-state index in [1.165, 1.54) is 0 Å². The molecule has 0 heterocycles. The van der Waals surface area contributed by atoms with Crippen LogP contribution in [0.1, 0.15) is 21.5 Å². The summed E-state index contributed by atoms with van der Waals surface area (Å²) >= 11 is 0. The molecule has 3 rings (SSSR count). The number of nitrogens with one attached hydrogen (secondary N) is 1. The van der Waals surface area contributed by atoms with E-state index >= 15 is 0 Å². The minimum atomic E-state index is -0.603. The van der Waals surface area contributed by atoms with Crippen molar-refractivity contribution < 1.29 is 9.59 Å². The summed E-state index contributed by atoms with van der Waals surface area (Å²) < 4.78 is 0. The van der Waals surface area contributed by atoms with Crippen LogP contribution in [-0.2, 0) is 11.2 Å². The molecule has 3 nitrogen and oxygen atoms in total. The number of fused-ring (bicyclic) bond motifs is 1. The fraction of sp³-hybridized carbons (Fsp3) is 0.176. The van der Waals surface area contributed by atoms with Gasteiger partial charge < -0.3 is 5.32 Å². The highest BCUT2D eigenvalue weighted by Gasteiger charge is 2.35. The maximum Gasteiger partial charge on any atom is 0.235 e. The minimum absolute atomic E-state index is 0.0785. The molecule has 0 aliphatic heterocycles. The third kappa shape index (κ3) is 2.23. The number of carbonyl (C=O) groups is 2. The Balaban J connectivity index is 1.77. The Bertz CT molecular complexity index is 674. The predicted molar refractivity (Wildman–Crippen MR) is 77.8 cm³/mol. The Labute approximate surface area is 117 Å². The Morgan fingerprint density at radius 2 is 1.80 bits per heavy atom. The van der Waals surface area contributed by atoms with Crippen molar-refractivity contribution in [2.45, 2.75) is 13.3 Å². The molecule has 1 aliphatic rings. The average Bonchev–Trinajstić information content (AvgIpc) is 2.79. The smallest absolute Gasteiger partial charge is 0.235 e. The topological polar surface area (TPSA) is 46.2 Å². The zero-order chi connectivity index (χ0) is 14.1. The number of benzene rings is 2. The number of Topliss-reactive ketones (excluding diaryl/α,β-unsaturated/α-hetero) is 1. The lowest BCUT2D eigenvalue weighted by atomic mass is 10.0. The van der Waals surface area contributed by atoms with Gasteiger partial charge in [-0.2, -0.15) is 0 Å². The van der Waals surface area contributed by atoms with Crippen molar-refractivity contribution in [3.8, 4) is 0 Å². The number of hydrogen-bond acceptors (Lipinski definition) is 2. The van der Waals surface area contributed by atoms with Gasteiger partial charge in [-0.3, -0.25) is 9.59 Å². The Morgan fingerprint density at radius 1 is 1.10 bits per heavy atom. The van der Waals surface area contributed by atoms with Crippen LogP contribution in [0.2, 0.25) is 0 Å². The molecule has 0 saturated heterocycles. The molecule has 0 bridgehead atoms. The Kier molecular flexibility index (Phi) is 3.11. The van der Waals surface area contributed by atoms with Gasteiger partial charge >= 0.3 is 0 Å². The van der Waals surface area contributed by atoms with Crippen molar-refractivity contribution in [2.24, 2.45) is 5.92 Å². The second-order valence-electron chi connectivity index (χ2n) is 5.13. The molecular formula is C17H15NO2. The van der Waals surface area contributed by atoms with E-state index in [9.17, 15) is 9.59 Å². The molecule has 1 atom stereocenters. The van der Waals surface area contributed by atoms with E-state index in [1.54, 1.807) is 6.07 Å². The first-order valence-electron chi connectivity index (χ1n) is 6.65. The maximum absolute atomic E-state index is 12.2. The summed E-state index contributed by atoms with van der Waals surface area (Å²) in [6, 6.07) is 15.0. The van der Waals surface area contributed by atoms with Crippen molar-refractivity contribution in [1.82, 2.24) is 0 Å². The molecule has 20 heavy (non-hydrogen) atoms. The lowest BCUT2D eigenvalue weighted by Gasteiger charge is -2.09. The number of hydrogen-bond donors (Lipinski definition) is 1. The highest BCUT2D eigenvalue weighted by molar-refractivity contribution is 6.16. The van der Waals surface area contributed by atoms with Crippen LogP contribution in [0.4, 0.5) is 5.69 Å². The Hall–Kier alpha value is -2.42. The fourth-order valence-corrected chi connectivity index (χ4v) is 2.52. The first kappa shape index (κ1) is 12.6. The van der Waals surface area contributed by atoms with Crippen LogP contribution in [0, 0.1) is 12.8 Å². The second kappa shape index (κ2) is 4.93. The van der Waals surface area contributed by atoms with Crippen LogP contribution in [0.25, 0.3) is 0 Å². The van der Waals surface area contributed by atoms with Crippen LogP contribution in [0.15, 0.2) is 48.5 Å². The molecule has 0 radical (unpaired) electrons. The first-order valence-corrected chi connectivity index (χ1v) is 6.65. The van der Waals surface area contributed by atoms with Gasteiger partial charge in [-0.05, 0) is 31.0 Å². The molecule has 1 N–H and O–H groups in total. The largest absolute Gasteiger partial charge is 0.325 e. The molecule has 0 aromatic heterocycles. The maximum atomic E-state index is 12.2. The minimum Gasteiger partial charge on any atom is -0.325 e. The van der Waals surface area contributed by atoms with E-state index in [0.29, 0.717) is 12.0 Å². The van der Waals surface area contributed by atoms with E-state index in [4.69, 9.17) is 0 Å². The number of aryl methyl sites for hydroxylation is 1. The molecular weight excluding hydrogens is 250 g/mol. The van der Waals surface area contributed by atoms with Gasteiger partial charge in [0.05, 0.1) is 0 Å². The van der Waals surface area contributed by atoms with Gasteiger partial charge in [-0.1, -0.05) is 42.0 Å². The van der Waals surface area contributed by atoms with E-state index in [1.807, 2.05) is 49.4 Å². The first-order chi connectivity index (χ1) is 9.65. The number of ketones is 1. The van der Waals surface area contributed by atoms with E-state index in [-0.39, 0.29) is 11.7 Å². The van der Waals surface area contributed by atoms with E-state index < -0.39 is 5.92 Å². The van der Waals surface area contributed by atoms with Crippen LogP contribution >= 0.6 is 0 Å². The lowest BCUT2D eigenvalue weighted by molar-refractivity contribution is -0.118. The molecule has 0 saturated carbocycles. The summed E-state index contributed by atoms with van der Waals surface area (Å²) in [6.45, 7) is 1.99. The van der Waals surface area contributed by atoms with Gasteiger partial charge in [0.2, 0.25) is 5.91 Å². The van der Waals surface area contributed by atoms with Gasteiger partial charge in [0.25, 0.3) is 0 Å². The van der Waals surface area contributed by atoms with Crippen molar-refractivity contribution in [3.63, 3.8) is 0 Å². The zero-order valence-corrected chi connectivity index (χ0v) is 11.2. The summed E-state index contributed by atoms with van der Waals surface area (Å²) in [6.07, 6.45) is 0.493. The van der Waals surface area contributed by atoms with Crippen molar-refractivity contribution >= 4 is 17.4 Å². The molecule has 0 spiro atoms. The second-order valence-corrected chi connectivity index (χ2v) is 5.13. The van der Waals surface area contributed by atoms with Crippen molar-refractivity contribution in [2.75, 3.05) is 5.32 Å². The van der Waals surface area contributed by atoms with Crippen molar-refractivity contribution in [1.29, 1.82) is 0 Å². The molecule has 1 amide bonds. The third-order valence-electron chi connectivity index (χ3n) is 3.66. The SMILES string of the molecule is Cc1ccc(NC(=O)C2Cc3ccccc3C2=O)cc1. The fourth-order valence-electron chi connectivity index (χ4n) is 2.52. The highest BCUT2D eigenvalue weighted by Crippen LogP contribution is 2.27. The normalized spacial score (nSPS) is 16.9. The zero-order valence-electron chi connectivity index (χ0n) is 11.2. The molecule has 2 aromatic carbocycles. The molecule has 100 valence electrons. The van der Waals surface area contributed by atoms with Crippen LogP contribution in [-0.4, -0.2) is 11.7 Å². The molecule has 1 unspecified atom stereocenters. The van der Waals surface area contributed by atoms with Crippen molar-refractivity contribution in [3.05, 3.63) is 65.2 Å². The monoisotopic (exact) mass is 265 g/mol. The van der Waals surface area contributed by atoms with Gasteiger partial charge in [0.1, 0.15) is 5.92 Å². The molecule has 0 fully saturated rings. The summed E-state index contributed by atoms with van der Waals surface area (Å²) in [4.78, 5) is 24.5. The Morgan fingerprint density at radius 3 is 2.50 bits per heavy atom. The predicted octanol–water partition coefficient (Wildman–Crippen LogP) is 2.99. The van der Waals surface area contributed by atoms with E-state index in [2.05, 4.69) is 5.32 Å². The highest BCUT2D eigenvalue weighted by atomic mass is 16.2. The molecule has 1 aliphatic carbocycles. The standard InChI is InChI=1S/C17H15NO2/c1-11-6-8-13(9-7-11)18-17(20)15-10-12-4-2-3-5-14(12)16(15)19/h2-9,15H,10H2,1H3,(H,18,20).